The van der Waals surface area contributed by atoms with E-state index in [1.165, 1.54) is 11.3 Å². The molecule has 0 saturated heterocycles. The molecule has 5 heteroatoms. The maximum absolute atomic E-state index is 11.0. The summed E-state index contributed by atoms with van der Waals surface area (Å²) in [4.78, 5) is 11.3. The number of rotatable bonds is 6. The summed E-state index contributed by atoms with van der Waals surface area (Å²) < 4.78 is 0. The normalized spacial score (nSPS) is 12.3. The number of thiophene rings is 1. The topological polar surface area (TPSA) is 69.6 Å². The largest absolute Gasteiger partial charge is 0.477 e. The summed E-state index contributed by atoms with van der Waals surface area (Å²) in [5.74, 6) is -0.910. The molecule has 0 radical (unpaired) electrons. The second-order valence-corrected chi connectivity index (χ2v) is 5.02. The fourth-order valence-corrected chi connectivity index (χ4v) is 2.63. The van der Waals surface area contributed by atoms with Gasteiger partial charge in [-0.15, -0.1) is 11.3 Å². The van der Waals surface area contributed by atoms with E-state index in [1.807, 2.05) is 30.3 Å². The van der Waals surface area contributed by atoms with Gasteiger partial charge in [-0.1, -0.05) is 30.3 Å². The van der Waals surface area contributed by atoms with Gasteiger partial charge in [0.25, 0.3) is 0 Å². The molecular formula is C14H15NO3S. The van der Waals surface area contributed by atoms with Crippen LogP contribution in [-0.2, 0) is 6.54 Å². The van der Waals surface area contributed by atoms with Crippen LogP contribution in [0.4, 0.5) is 0 Å². The first-order chi connectivity index (χ1) is 9.22. The minimum atomic E-state index is -0.910. The van der Waals surface area contributed by atoms with Gasteiger partial charge in [0, 0.05) is 6.54 Å². The first-order valence-electron chi connectivity index (χ1n) is 5.91. The minimum Gasteiger partial charge on any atom is -0.477 e. The van der Waals surface area contributed by atoms with E-state index in [1.54, 1.807) is 11.4 Å². The van der Waals surface area contributed by atoms with Gasteiger partial charge in [0.05, 0.1) is 12.6 Å². The Kier molecular flexibility index (Phi) is 4.68. The number of hydrogen-bond donors (Lipinski definition) is 3. The highest BCUT2D eigenvalue weighted by atomic mass is 32.1. The lowest BCUT2D eigenvalue weighted by Crippen LogP contribution is -2.24. The molecule has 0 spiro atoms. The van der Waals surface area contributed by atoms with Crippen molar-refractivity contribution in [3.63, 3.8) is 0 Å². The summed E-state index contributed by atoms with van der Waals surface area (Å²) in [5, 5.41) is 23.4. The fourth-order valence-electron chi connectivity index (χ4n) is 1.87. The van der Waals surface area contributed by atoms with Gasteiger partial charge in [0.2, 0.25) is 0 Å². The lowest BCUT2D eigenvalue weighted by Gasteiger charge is -2.16. The predicted octanol–water partition coefficient (Wildman–Crippen LogP) is 2.27. The Labute approximate surface area is 115 Å². The molecule has 0 aliphatic heterocycles. The summed E-state index contributed by atoms with van der Waals surface area (Å²) in [5.41, 5.74) is 1.73. The number of aromatic carboxylic acids is 1. The minimum absolute atomic E-state index is 0.0312. The van der Waals surface area contributed by atoms with Crippen LogP contribution in [0.3, 0.4) is 0 Å². The van der Waals surface area contributed by atoms with Crippen LogP contribution < -0.4 is 5.32 Å². The molecule has 4 nitrogen and oxygen atoms in total. The Morgan fingerprint density at radius 3 is 2.63 bits per heavy atom. The van der Waals surface area contributed by atoms with Crippen molar-refractivity contribution < 1.29 is 15.0 Å². The predicted molar refractivity (Wildman–Crippen MR) is 74.4 cm³/mol. The molecule has 1 aromatic carbocycles. The molecule has 0 bridgehead atoms. The van der Waals surface area contributed by atoms with Gasteiger partial charge in [0.15, 0.2) is 0 Å². The third-order valence-electron chi connectivity index (χ3n) is 2.86. The molecule has 2 rings (SSSR count). The summed E-state index contributed by atoms with van der Waals surface area (Å²) in [6, 6.07) is 11.2. The van der Waals surface area contributed by atoms with Gasteiger partial charge in [-0.25, -0.2) is 4.79 Å². The van der Waals surface area contributed by atoms with Crippen LogP contribution in [-0.4, -0.2) is 22.8 Å². The second kappa shape index (κ2) is 6.47. The van der Waals surface area contributed by atoms with E-state index in [4.69, 9.17) is 5.11 Å². The van der Waals surface area contributed by atoms with Crippen molar-refractivity contribution in [3.8, 4) is 0 Å². The molecule has 100 valence electrons. The molecule has 0 amide bonds. The number of carbonyl (C=O) groups is 1. The first-order valence-corrected chi connectivity index (χ1v) is 6.79. The molecule has 0 fully saturated rings. The van der Waals surface area contributed by atoms with Crippen molar-refractivity contribution in [2.24, 2.45) is 0 Å². The summed E-state index contributed by atoms with van der Waals surface area (Å²) in [7, 11) is 0. The lowest BCUT2D eigenvalue weighted by atomic mass is 10.1. The number of aliphatic hydroxyl groups is 1. The highest BCUT2D eigenvalue weighted by molar-refractivity contribution is 7.12. The SMILES string of the molecule is O=C(O)c1sccc1CNC(CO)c1ccccc1. The molecule has 0 aliphatic rings. The van der Waals surface area contributed by atoms with Gasteiger partial charge in [-0.3, -0.25) is 0 Å². The number of aliphatic hydroxyl groups excluding tert-OH is 1. The van der Waals surface area contributed by atoms with Crippen LogP contribution in [0, 0.1) is 0 Å². The van der Waals surface area contributed by atoms with E-state index in [0.29, 0.717) is 11.4 Å². The number of hydrogen-bond acceptors (Lipinski definition) is 4. The average Bonchev–Trinajstić information content (AvgIpc) is 2.89. The van der Waals surface area contributed by atoms with Crippen LogP contribution in [0.1, 0.15) is 26.8 Å². The molecule has 1 heterocycles. The van der Waals surface area contributed by atoms with E-state index in [-0.39, 0.29) is 12.6 Å². The summed E-state index contributed by atoms with van der Waals surface area (Å²) >= 11 is 1.21. The van der Waals surface area contributed by atoms with E-state index < -0.39 is 5.97 Å². The molecule has 3 N–H and O–H groups in total. The number of carboxylic acids is 1. The van der Waals surface area contributed by atoms with E-state index >= 15 is 0 Å². The van der Waals surface area contributed by atoms with Crippen molar-refractivity contribution in [1.29, 1.82) is 0 Å². The molecule has 0 saturated carbocycles. The first kappa shape index (κ1) is 13.7. The third-order valence-corrected chi connectivity index (χ3v) is 3.81. The molecule has 0 aliphatic carbocycles. The smallest absolute Gasteiger partial charge is 0.346 e. The molecule has 1 aromatic heterocycles. The zero-order valence-electron chi connectivity index (χ0n) is 10.2. The summed E-state index contributed by atoms with van der Waals surface area (Å²) in [6.07, 6.45) is 0. The van der Waals surface area contributed by atoms with Crippen molar-refractivity contribution in [2.75, 3.05) is 6.61 Å². The van der Waals surface area contributed by atoms with Crippen LogP contribution in [0.15, 0.2) is 41.8 Å². The van der Waals surface area contributed by atoms with E-state index in [9.17, 15) is 9.90 Å². The molecule has 1 atom stereocenters. The van der Waals surface area contributed by atoms with Crippen molar-refractivity contribution >= 4 is 17.3 Å². The Bertz CT molecular complexity index is 539. The van der Waals surface area contributed by atoms with Gasteiger partial charge >= 0.3 is 5.97 Å². The standard InChI is InChI=1S/C14H15NO3S/c16-9-12(10-4-2-1-3-5-10)15-8-11-6-7-19-13(11)14(17)18/h1-7,12,15-16H,8-9H2,(H,17,18). The maximum atomic E-state index is 11.0. The Hall–Kier alpha value is -1.69. The maximum Gasteiger partial charge on any atom is 0.346 e. The Morgan fingerprint density at radius 1 is 1.26 bits per heavy atom. The van der Waals surface area contributed by atoms with E-state index in [0.717, 1.165) is 11.1 Å². The van der Waals surface area contributed by atoms with Crippen LogP contribution in [0.2, 0.25) is 0 Å². The fraction of sp³-hybridized carbons (Fsp3) is 0.214. The van der Waals surface area contributed by atoms with Gasteiger partial charge < -0.3 is 15.5 Å². The zero-order chi connectivity index (χ0) is 13.7. The second-order valence-electron chi connectivity index (χ2n) is 4.11. The lowest BCUT2D eigenvalue weighted by molar-refractivity contribution is 0.0701. The van der Waals surface area contributed by atoms with Crippen LogP contribution in [0.5, 0.6) is 0 Å². The average molecular weight is 277 g/mol. The molecular weight excluding hydrogens is 262 g/mol. The Balaban J connectivity index is 2.04. The zero-order valence-corrected chi connectivity index (χ0v) is 11.1. The highest BCUT2D eigenvalue weighted by Gasteiger charge is 2.14. The van der Waals surface area contributed by atoms with Gasteiger partial charge in [-0.2, -0.15) is 0 Å². The number of benzene rings is 1. The molecule has 2 aromatic rings. The van der Waals surface area contributed by atoms with Crippen LogP contribution in [0.25, 0.3) is 0 Å². The quantitative estimate of drug-likeness (QED) is 0.757. The molecule has 1 unspecified atom stereocenters. The molecule has 19 heavy (non-hydrogen) atoms. The van der Waals surface area contributed by atoms with Crippen LogP contribution >= 0.6 is 11.3 Å². The monoisotopic (exact) mass is 277 g/mol. The number of nitrogens with one attached hydrogen (secondary N) is 1. The van der Waals surface area contributed by atoms with Crippen molar-refractivity contribution in [1.82, 2.24) is 5.32 Å². The van der Waals surface area contributed by atoms with E-state index in [2.05, 4.69) is 5.32 Å². The summed E-state index contributed by atoms with van der Waals surface area (Å²) in [6.45, 7) is 0.391. The Morgan fingerprint density at radius 2 is 2.00 bits per heavy atom. The van der Waals surface area contributed by atoms with Crippen molar-refractivity contribution in [3.05, 3.63) is 57.8 Å². The highest BCUT2D eigenvalue weighted by Crippen LogP contribution is 2.18. The van der Waals surface area contributed by atoms with Gasteiger partial charge in [0.1, 0.15) is 4.88 Å². The third kappa shape index (κ3) is 3.41. The van der Waals surface area contributed by atoms with Crippen molar-refractivity contribution in [2.45, 2.75) is 12.6 Å². The van der Waals surface area contributed by atoms with Gasteiger partial charge in [-0.05, 0) is 22.6 Å². The number of carboxylic acid groups (broad SMARTS) is 1.